The summed E-state index contributed by atoms with van der Waals surface area (Å²) in [5.41, 5.74) is 4.87. The number of hydrogen-bond donors (Lipinski definition) is 0. The Hall–Kier alpha value is -1.39. The maximum absolute atomic E-state index is 11.7. The minimum atomic E-state index is -1.91. The van der Waals surface area contributed by atoms with E-state index in [1.807, 2.05) is 6.07 Å². The van der Waals surface area contributed by atoms with Crippen LogP contribution in [0.1, 0.15) is 71.9 Å². The van der Waals surface area contributed by atoms with E-state index in [0.29, 0.717) is 22.2 Å². The molecule has 0 aliphatic heterocycles. The van der Waals surface area contributed by atoms with Crippen molar-refractivity contribution in [1.82, 2.24) is 0 Å². The first-order chi connectivity index (χ1) is 13.2. The van der Waals surface area contributed by atoms with Crippen LogP contribution in [0.25, 0.3) is 11.0 Å². The van der Waals surface area contributed by atoms with Gasteiger partial charge < -0.3 is 8.84 Å². The minimum Gasteiger partial charge on any atom is -0.423 e. The van der Waals surface area contributed by atoms with Gasteiger partial charge >= 0.3 is 5.63 Å². The Morgan fingerprint density at radius 1 is 0.964 bits per heavy atom. The molecule has 3 nitrogen and oxygen atoms in total. The van der Waals surface area contributed by atoms with Gasteiger partial charge in [-0.05, 0) is 71.6 Å². The van der Waals surface area contributed by atoms with Crippen LogP contribution in [0.5, 0.6) is 0 Å². The monoisotopic (exact) mass is 400 g/mol. The van der Waals surface area contributed by atoms with Crippen molar-refractivity contribution in [2.24, 2.45) is 0 Å². The fourth-order valence-electron chi connectivity index (χ4n) is 5.46. The van der Waals surface area contributed by atoms with Gasteiger partial charge in [0.2, 0.25) is 8.32 Å². The summed E-state index contributed by atoms with van der Waals surface area (Å²) in [4.78, 5) is 11.7. The van der Waals surface area contributed by atoms with Crippen molar-refractivity contribution >= 4 is 19.3 Å². The van der Waals surface area contributed by atoms with E-state index in [0.717, 1.165) is 24.6 Å². The van der Waals surface area contributed by atoms with E-state index >= 15 is 0 Å². The second-order valence-electron chi connectivity index (χ2n) is 9.42. The highest BCUT2D eigenvalue weighted by Gasteiger charge is 2.46. The molecule has 4 heteroatoms. The molecule has 0 radical (unpaired) electrons. The third kappa shape index (κ3) is 4.13. The van der Waals surface area contributed by atoms with Gasteiger partial charge in [0.05, 0.1) is 0 Å². The van der Waals surface area contributed by atoms with Crippen LogP contribution in [0.4, 0.5) is 0 Å². The zero-order valence-electron chi connectivity index (χ0n) is 18.4. The maximum atomic E-state index is 11.7. The number of rotatable bonds is 5. The van der Waals surface area contributed by atoms with Crippen molar-refractivity contribution in [2.75, 3.05) is 0 Å². The molecule has 0 fully saturated rings. The first-order valence-electron chi connectivity index (χ1n) is 11.0. The third-order valence-electron chi connectivity index (χ3n) is 6.69. The number of fused-ring (bicyclic) bond motifs is 2. The molecule has 1 unspecified atom stereocenters. The van der Waals surface area contributed by atoms with Gasteiger partial charge in [-0.25, -0.2) is 4.79 Å². The Morgan fingerprint density at radius 3 is 2.29 bits per heavy atom. The zero-order valence-corrected chi connectivity index (χ0v) is 19.4. The summed E-state index contributed by atoms with van der Waals surface area (Å²) >= 11 is 0. The fourth-order valence-corrected chi connectivity index (χ4v) is 11.1. The van der Waals surface area contributed by atoms with Crippen LogP contribution in [0, 0.1) is 0 Å². The normalized spacial score (nSPS) is 18.5. The predicted molar refractivity (Wildman–Crippen MR) is 120 cm³/mol. The molecule has 1 atom stereocenters. The first kappa shape index (κ1) is 21.3. The average molecular weight is 401 g/mol. The van der Waals surface area contributed by atoms with Crippen LogP contribution >= 0.6 is 0 Å². The van der Waals surface area contributed by atoms with Crippen LogP contribution in [0.2, 0.25) is 16.6 Å². The maximum Gasteiger partial charge on any atom is 0.336 e. The van der Waals surface area contributed by atoms with Gasteiger partial charge in [-0.3, -0.25) is 0 Å². The molecule has 0 saturated carbocycles. The van der Waals surface area contributed by atoms with Gasteiger partial charge in [0.25, 0.3) is 0 Å². The van der Waals surface area contributed by atoms with Crippen LogP contribution in [0.15, 0.2) is 33.5 Å². The summed E-state index contributed by atoms with van der Waals surface area (Å²) < 4.78 is 12.6. The SMILES string of the molecule is CC(C)[Si](OC1CCCCc2cc3ccc(=O)oc3cc2C1)(C(C)C)C(C)C. The Bertz CT molecular complexity index is 844. The largest absolute Gasteiger partial charge is 0.423 e. The van der Waals surface area contributed by atoms with Gasteiger partial charge in [0, 0.05) is 17.6 Å². The Kier molecular flexibility index (Phi) is 6.50. The Labute approximate surface area is 170 Å². The molecule has 2 aromatic rings. The molecule has 0 amide bonds. The lowest BCUT2D eigenvalue weighted by Crippen LogP contribution is -2.50. The van der Waals surface area contributed by atoms with Crippen LogP contribution in [0.3, 0.4) is 0 Å². The molecule has 1 heterocycles. The van der Waals surface area contributed by atoms with Crippen LogP contribution in [-0.2, 0) is 17.3 Å². The van der Waals surface area contributed by atoms with Gasteiger partial charge in [-0.1, -0.05) is 48.0 Å². The third-order valence-corrected chi connectivity index (χ3v) is 12.8. The van der Waals surface area contributed by atoms with Gasteiger partial charge in [-0.2, -0.15) is 0 Å². The second kappa shape index (κ2) is 8.54. The molecular formula is C24H36O3Si. The quantitative estimate of drug-likeness (QED) is 0.418. The topological polar surface area (TPSA) is 39.4 Å². The molecule has 154 valence electrons. The van der Waals surface area contributed by atoms with E-state index in [4.69, 9.17) is 8.84 Å². The van der Waals surface area contributed by atoms with Crippen molar-refractivity contribution in [3.8, 4) is 0 Å². The lowest BCUT2D eigenvalue weighted by atomic mass is 9.91. The average Bonchev–Trinajstić information content (AvgIpc) is 2.59. The van der Waals surface area contributed by atoms with E-state index in [-0.39, 0.29) is 11.7 Å². The zero-order chi connectivity index (χ0) is 20.5. The molecule has 0 bridgehead atoms. The van der Waals surface area contributed by atoms with Gasteiger partial charge in [-0.15, -0.1) is 0 Å². The highest BCUT2D eigenvalue weighted by atomic mass is 28.4. The van der Waals surface area contributed by atoms with Crippen molar-refractivity contribution < 1.29 is 8.84 Å². The summed E-state index contributed by atoms with van der Waals surface area (Å²) in [6.07, 6.45) is 5.80. The fraction of sp³-hybridized carbons (Fsp3) is 0.625. The standard InChI is InChI=1S/C24H36O3Si/c1-16(2)28(17(3)4,18(5)6)27-22-10-8-7-9-19-13-20-11-12-24(25)26-23(20)15-21(19)14-22/h11-13,15-18,22H,7-10,14H2,1-6H3. The molecular weight excluding hydrogens is 364 g/mol. The van der Waals surface area contributed by atoms with Gasteiger partial charge in [0.15, 0.2) is 0 Å². The molecule has 0 N–H and O–H groups in total. The molecule has 1 aliphatic rings. The van der Waals surface area contributed by atoms with E-state index in [9.17, 15) is 4.79 Å². The second-order valence-corrected chi connectivity index (χ2v) is 14.8. The lowest BCUT2D eigenvalue weighted by Gasteiger charge is -2.45. The molecule has 1 aromatic heterocycles. The molecule has 0 saturated heterocycles. The Morgan fingerprint density at radius 2 is 1.64 bits per heavy atom. The summed E-state index contributed by atoms with van der Waals surface area (Å²) in [6, 6.07) is 7.70. The first-order valence-corrected chi connectivity index (χ1v) is 13.1. The van der Waals surface area contributed by atoms with Crippen molar-refractivity contribution in [3.63, 3.8) is 0 Å². The van der Waals surface area contributed by atoms with E-state index in [1.165, 1.54) is 30.0 Å². The predicted octanol–water partition coefficient (Wildman–Crippen LogP) is 6.62. The number of hydrogen-bond acceptors (Lipinski definition) is 3. The van der Waals surface area contributed by atoms with Gasteiger partial charge in [0.1, 0.15) is 5.58 Å². The van der Waals surface area contributed by atoms with Crippen LogP contribution in [-0.4, -0.2) is 14.4 Å². The van der Waals surface area contributed by atoms with Crippen molar-refractivity contribution in [1.29, 1.82) is 0 Å². The van der Waals surface area contributed by atoms with Crippen LogP contribution < -0.4 is 5.63 Å². The highest BCUT2D eigenvalue weighted by molar-refractivity contribution is 6.77. The highest BCUT2D eigenvalue weighted by Crippen LogP contribution is 2.44. The van der Waals surface area contributed by atoms with Crippen molar-refractivity contribution in [3.05, 3.63) is 45.8 Å². The summed E-state index contributed by atoms with van der Waals surface area (Å²) in [7, 11) is -1.91. The minimum absolute atomic E-state index is 0.255. The molecule has 3 rings (SSSR count). The smallest absolute Gasteiger partial charge is 0.336 e. The lowest BCUT2D eigenvalue weighted by molar-refractivity contribution is 0.158. The Balaban J connectivity index is 1.97. The van der Waals surface area contributed by atoms with E-state index < -0.39 is 8.32 Å². The molecule has 1 aliphatic carbocycles. The number of benzene rings is 1. The van der Waals surface area contributed by atoms with E-state index in [1.54, 1.807) is 0 Å². The summed E-state index contributed by atoms with van der Waals surface area (Å²) in [5.74, 6) is 0. The van der Waals surface area contributed by atoms with E-state index in [2.05, 4.69) is 53.7 Å². The van der Waals surface area contributed by atoms with Crippen molar-refractivity contribution in [2.45, 2.75) is 96.4 Å². The molecule has 28 heavy (non-hydrogen) atoms. The summed E-state index contributed by atoms with van der Waals surface area (Å²) in [5, 5.41) is 1.02. The number of aryl methyl sites for hydroxylation is 1. The summed E-state index contributed by atoms with van der Waals surface area (Å²) in [6.45, 7) is 14.1. The molecule has 1 aromatic carbocycles. The molecule has 0 spiro atoms.